The van der Waals surface area contributed by atoms with Gasteiger partial charge in [0.25, 0.3) is 5.91 Å². The average Bonchev–Trinajstić information content (AvgIpc) is 2.82. The molecular weight excluding hydrogens is 447 g/mol. The van der Waals surface area contributed by atoms with E-state index in [1.165, 1.54) is 24.7 Å². The zero-order chi connectivity index (χ0) is 24.9. The Labute approximate surface area is 201 Å². The standard InChI is InChI=1S/C26H21FN6O2/c1-4-5-22(34)33-20-8-6-18(12-15(20)2)24-23(25(28)31-14-30-24)17-7-9-21(19(27)13-17)35-26-29-11-10-16(3)32-26/h6-14H,1-3H3,(H,33,34)(H2,28,30,31). The van der Waals surface area contributed by atoms with E-state index in [-0.39, 0.29) is 17.6 Å². The Balaban J connectivity index is 1.70. The number of amides is 1. The number of hydrogen-bond donors (Lipinski definition) is 2. The SMILES string of the molecule is CC#CC(=O)Nc1ccc(-c2ncnc(N)c2-c2ccc(Oc3nccc(C)n3)c(F)c2)cc1C. The Morgan fingerprint density at radius 3 is 2.57 bits per heavy atom. The number of halogens is 1. The van der Waals surface area contributed by atoms with Crippen molar-refractivity contribution in [2.75, 3.05) is 11.1 Å². The Bertz CT molecular complexity index is 1490. The number of aryl methyl sites for hydroxylation is 2. The van der Waals surface area contributed by atoms with Gasteiger partial charge in [-0.3, -0.25) is 4.79 Å². The first-order valence-corrected chi connectivity index (χ1v) is 10.6. The maximum absolute atomic E-state index is 15.0. The maximum Gasteiger partial charge on any atom is 0.322 e. The van der Waals surface area contributed by atoms with E-state index in [2.05, 4.69) is 37.1 Å². The molecule has 174 valence electrons. The number of anilines is 2. The van der Waals surface area contributed by atoms with E-state index in [0.29, 0.717) is 28.2 Å². The van der Waals surface area contributed by atoms with Crippen molar-refractivity contribution < 1.29 is 13.9 Å². The number of aromatic nitrogens is 4. The molecule has 0 saturated heterocycles. The molecule has 2 aromatic heterocycles. The van der Waals surface area contributed by atoms with Crippen LogP contribution in [-0.2, 0) is 4.79 Å². The maximum atomic E-state index is 15.0. The number of benzene rings is 2. The first-order valence-electron chi connectivity index (χ1n) is 10.6. The number of carbonyl (C=O) groups excluding carboxylic acids is 1. The Morgan fingerprint density at radius 2 is 1.86 bits per heavy atom. The molecule has 0 aliphatic carbocycles. The molecule has 0 unspecified atom stereocenters. The van der Waals surface area contributed by atoms with Crippen molar-refractivity contribution in [1.29, 1.82) is 0 Å². The van der Waals surface area contributed by atoms with E-state index in [4.69, 9.17) is 10.5 Å². The highest BCUT2D eigenvalue weighted by Crippen LogP contribution is 2.37. The zero-order valence-corrected chi connectivity index (χ0v) is 19.3. The quantitative estimate of drug-likeness (QED) is 0.408. The van der Waals surface area contributed by atoms with E-state index in [9.17, 15) is 9.18 Å². The fourth-order valence-corrected chi connectivity index (χ4v) is 3.43. The second-order valence-electron chi connectivity index (χ2n) is 7.57. The number of carbonyl (C=O) groups is 1. The third kappa shape index (κ3) is 5.23. The molecule has 2 aromatic carbocycles. The van der Waals surface area contributed by atoms with Crippen LogP contribution in [0.5, 0.6) is 11.8 Å². The van der Waals surface area contributed by atoms with Crippen molar-refractivity contribution in [2.45, 2.75) is 20.8 Å². The molecule has 0 spiro atoms. The summed E-state index contributed by atoms with van der Waals surface area (Å²) in [6, 6.07) is 11.6. The van der Waals surface area contributed by atoms with Crippen LogP contribution < -0.4 is 15.8 Å². The van der Waals surface area contributed by atoms with Gasteiger partial charge in [0, 0.05) is 23.1 Å². The summed E-state index contributed by atoms with van der Waals surface area (Å²) in [6.45, 7) is 5.23. The van der Waals surface area contributed by atoms with Gasteiger partial charge in [0.1, 0.15) is 12.1 Å². The van der Waals surface area contributed by atoms with E-state index in [0.717, 1.165) is 11.1 Å². The van der Waals surface area contributed by atoms with Gasteiger partial charge in [-0.05, 0) is 68.2 Å². The van der Waals surface area contributed by atoms with Gasteiger partial charge in [0.2, 0.25) is 0 Å². The Kier molecular flexibility index (Phi) is 6.64. The number of nitrogen functional groups attached to an aromatic ring is 1. The minimum atomic E-state index is -0.618. The number of nitrogens with one attached hydrogen (secondary N) is 1. The van der Waals surface area contributed by atoms with Gasteiger partial charge in [0.15, 0.2) is 11.6 Å². The molecule has 0 fully saturated rings. The lowest BCUT2D eigenvalue weighted by Gasteiger charge is -2.14. The summed E-state index contributed by atoms with van der Waals surface area (Å²) in [5, 5.41) is 2.74. The predicted molar refractivity (Wildman–Crippen MR) is 131 cm³/mol. The van der Waals surface area contributed by atoms with Crippen molar-refractivity contribution in [3.05, 3.63) is 72.1 Å². The molecule has 0 aliphatic rings. The van der Waals surface area contributed by atoms with E-state index in [1.807, 2.05) is 13.0 Å². The molecule has 4 aromatic rings. The molecule has 4 rings (SSSR count). The second-order valence-corrected chi connectivity index (χ2v) is 7.57. The van der Waals surface area contributed by atoms with Crippen molar-refractivity contribution >= 4 is 17.4 Å². The first-order chi connectivity index (χ1) is 16.9. The van der Waals surface area contributed by atoms with Crippen molar-refractivity contribution in [2.24, 2.45) is 0 Å². The summed E-state index contributed by atoms with van der Waals surface area (Å²) in [6.07, 6.45) is 2.88. The minimum Gasteiger partial charge on any atom is -0.421 e. The molecule has 0 saturated carbocycles. The Hall–Kier alpha value is -4.84. The lowest BCUT2D eigenvalue weighted by molar-refractivity contribution is -0.111. The van der Waals surface area contributed by atoms with Crippen LogP contribution in [0, 0.1) is 31.5 Å². The van der Waals surface area contributed by atoms with Gasteiger partial charge >= 0.3 is 6.01 Å². The third-order valence-corrected chi connectivity index (χ3v) is 5.06. The van der Waals surface area contributed by atoms with Crippen LogP contribution in [0.1, 0.15) is 18.2 Å². The van der Waals surface area contributed by atoms with Crippen LogP contribution in [0.4, 0.5) is 15.9 Å². The molecule has 0 bridgehead atoms. The Morgan fingerprint density at radius 1 is 1.06 bits per heavy atom. The fraction of sp³-hybridized carbons (Fsp3) is 0.115. The smallest absolute Gasteiger partial charge is 0.322 e. The second kappa shape index (κ2) is 9.97. The van der Waals surface area contributed by atoms with Gasteiger partial charge in [-0.2, -0.15) is 0 Å². The van der Waals surface area contributed by atoms with Gasteiger partial charge in [-0.1, -0.05) is 18.1 Å². The molecule has 0 radical (unpaired) electrons. The molecule has 1 amide bonds. The number of hydrogen-bond acceptors (Lipinski definition) is 7. The van der Waals surface area contributed by atoms with Crippen LogP contribution in [-0.4, -0.2) is 25.8 Å². The third-order valence-electron chi connectivity index (χ3n) is 5.06. The molecule has 2 heterocycles. The van der Waals surface area contributed by atoms with Gasteiger partial charge in [-0.15, -0.1) is 0 Å². The molecular formula is C26H21FN6O2. The van der Waals surface area contributed by atoms with E-state index < -0.39 is 11.7 Å². The van der Waals surface area contributed by atoms with Gasteiger partial charge in [-0.25, -0.2) is 24.3 Å². The van der Waals surface area contributed by atoms with Gasteiger partial charge in [0.05, 0.1) is 11.3 Å². The summed E-state index contributed by atoms with van der Waals surface area (Å²) in [5.41, 5.74) is 10.5. The first kappa shape index (κ1) is 23.3. The number of nitrogens with two attached hydrogens (primary N) is 1. The van der Waals surface area contributed by atoms with Crippen LogP contribution in [0.25, 0.3) is 22.4 Å². The molecule has 0 aliphatic heterocycles. The highest BCUT2D eigenvalue weighted by Gasteiger charge is 2.17. The van der Waals surface area contributed by atoms with E-state index in [1.54, 1.807) is 38.1 Å². The zero-order valence-electron chi connectivity index (χ0n) is 19.3. The monoisotopic (exact) mass is 468 g/mol. The molecule has 8 nitrogen and oxygen atoms in total. The molecule has 9 heteroatoms. The van der Waals surface area contributed by atoms with Crippen molar-refractivity contribution in [3.63, 3.8) is 0 Å². The summed E-state index contributed by atoms with van der Waals surface area (Å²) >= 11 is 0. The van der Waals surface area contributed by atoms with Crippen LogP contribution in [0.3, 0.4) is 0 Å². The van der Waals surface area contributed by atoms with Crippen LogP contribution >= 0.6 is 0 Å². The number of ether oxygens (including phenoxy) is 1. The lowest BCUT2D eigenvalue weighted by atomic mass is 9.98. The normalized spacial score (nSPS) is 10.3. The lowest BCUT2D eigenvalue weighted by Crippen LogP contribution is -2.09. The summed E-state index contributed by atoms with van der Waals surface area (Å²) in [7, 11) is 0. The largest absolute Gasteiger partial charge is 0.421 e. The predicted octanol–water partition coefficient (Wildman–Crippen LogP) is 4.69. The molecule has 3 N–H and O–H groups in total. The molecule has 0 atom stereocenters. The minimum absolute atomic E-state index is 0.0255. The summed E-state index contributed by atoms with van der Waals surface area (Å²) in [4.78, 5) is 28.4. The highest BCUT2D eigenvalue weighted by atomic mass is 19.1. The number of rotatable bonds is 5. The van der Waals surface area contributed by atoms with Crippen LogP contribution in [0.2, 0.25) is 0 Å². The van der Waals surface area contributed by atoms with Crippen molar-refractivity contribution in [1.82, 2.24) is 19.9 Å². The highest BCUT2D eigenvalue weighted by molar-refractivity contribution is 6.04. The fourth-order valence-electron chi connectivity index (χ4n) is 3.43. The summed E-state index contributed by atoms with van der Waals surface area (Å²) < 4.78 is 20.5. The summed E-state index contributed by atoms with van der Waals surface area (Å²) in [5.74, 6) is 4.15. The van der Waals surface area contributed by atoms with E-state index >= 15 is 0 Å². The van der Waals surface area contributed by atoms with Crippen LogP contribution in [0.15, 0.2) is 55.0 Å². The number of nitrogens with zero attached hydrogens (tertiary/aromatic N) is 4. The van der Waals surface area contributed by atoms with Crippen molar-refractivity contribution in [3.8, 4) is 46.0 Å². The topological polar surface area (TPSA) is 116 Å². The molecule has 35 heavy (non-hydrogen) atoms. The average molecular weight is 468 g/mol. The van der Waals surface area contributed by atoms with Gasteiger partial charge < -0.3 is 15.8 Å².